The van der Waals surface area contributed by atoms with Crippen LogP contribution >= 0.6 is 0 Å². The number of azide groups is 1. The van der Waals surface area contributed by atoms with E-state index in [4.69, 9.17) is 69.3 Å². The van der Waals surface area contributed by atoms with Crippen molar-refractivity contribution >= 4 is 88.3 Å². The lowest BCUT2D eigenvalue weighted by atomic mass is 9.85. The number of nitrogens with zero attached hydrogens (tertiary/aromatic N) is 21. The quantitative estimate of drug-likeness (QED) is 0.0561. The average molecular weight is 1690 g/mol. The van der Waals surface area contributed by atoms with Gasteiger partial charge < -0.3 is 29.4 Å². The zero-order valence-electron chi connectivity index (χ0n) is 74.6. The van der Waals surface area contributed by atoms with Crippen molar-refractivity contribution in [3.8, 4) is 114 Å². The number of aromatic nitrogens is 22. The summed E-state index contributed by atoms with van der Waals surface area (Å²) in [5.74, 6) is 4.80. The van der Waals surface area contributed by atoms with Crippen LogP contribution in [-0.2, 0) is 52.2 Å². The van der Waals surface area contributed by atoms with Crippen molar-refractivity contribution < 1.29 is 9.47 Å². The van der Waals surface area contributed by atoms with Crippen LogP contribution in [0.1, 0.15) is 175 Å². The zero-order valence-corrected chi connectivity index (χ0v) is 74.6. The smallest absolute Gasteiger partial charge is 0.164 e. The highest BCUT2D eigenvalue weighted by Gasteiger charge is 2.32. The van der Waals surface area contributed by atoms with Crippen molar-refractivity contribution in [2.24, 2.45) is 5.11 Å². The molecule has 0 unspecified atom stereocenters. The van der Waals surface area contributed by atoms with Crippen molar-refractivity contribution in [2.45, 2.75) is 177 Å². The fourth-order valence-corrected chi connectivity index (χ4v) is 16.9. The monoisotopic (exact) mass is 1690 g/mol. The Kier molecular flexibility index (Phi) is 18.1. The number of hydrogen-bond acceptors (Lipinski definition) is 19. The largest absolute Gasteiger partial charge is 0.487 e. The predicted molar refractivity (Wildman–Crippen MR) is 502 cm³/mol. The van der Waals surface area contributed by atoms with Gasteiger partial charge in [-0.25, -0.2) is 69.2 Å². The molecule has 0 saturated carbocycles. The Morgan fingerprint density at radius 3 is 0.836 bits per heavy atom. The molecule has 4 aliphatic heterocycles. The second-order valence-corrected chi connectivity index (χ2v) is 39.8. The number of benzene rings is 9. The number of fused-ring (bicyclic) bond motifs is 40. The minimum atomic E-state index is -0.172. The highest BCUT2D eigenvalue weighted by Crippen LogP contribution is 2.45. The average Bonchev–Trinajstić information content (AvgIpc) is 1.59. The van der Waals surface area contributed by atoms with Crippen molar-refractivity contribution in [1.82, 2.24) is 110 Å². The molecule has 21 rings (SSSR count). The van der Waals surface area contributed by atoms with Crippen LogP contribution in [0, 0.1) is 0 Å². The number of aromatic amines is 4. The molecule has 634 valence electrons. The molecule has 0 radical (unpaired) electrons. The molecule has 128 heavy (non-hydrogen) atoms. The summed E-state index contributed by atoms with van der Waals surface area (Å²) in [6.07, 6.45) is 3.64. The summed E-state index contributed by atoms with van der Waals surface area (Å²) in [7, 11) is 0. The molecule has 9 aromatic carbocycles. The van der Waals surface area contributed by atoms with Gasteiger partial charge in [-0.3, -0.25) is 0 Å². The summed E-state index contributed by atoms with van der Waals surface area (Å²) in [5.41, 5.74) is 29.7. The van der Waals surface area contributed by atoms with Gasteiger partial charge in [0.15, 0.2) is 46.6 Å². The first-order valence-electron chi connectivity index (χ1n) is 43.1. The first-order chi connectivity index (χ1) is 61.0. The third-order valence-electron chi connectivity index (χ3n) is 24.5. The number of ether oxygens (including phenoxy) is 2. The lowest BCUT2D eigenvalue weighted by Crippen LogP contribution is -2.10. The number of rotatable bonds is 10. The van der Waals surface area contributed by atoms with Gasteiger partial charge in [0.2, 0.25) is 0 Å². The van der Waals surface area contributed by atoms with Gasteiger partial charge in [-0.05, 0) is 162 Å². The third kappa shape index (κ3) is 14.4. The Labute approximate surface area is 736 Å². The Bertz CT molecular complexity index is 7530. The molecule has 0 saturated heterocycles. The molecule has 0 amide bonds. The van der Waals surface area contributed by atoms with Crippen molar-refractivity contribution in [1.29, 1.82) is 0 Å². The molecule has 0 aliphatic carbocycles. The van der Waals surface area contributed by atoms with Crippen molar-refractivity contribution in [3.05, 3.63) is 237 Å². The van der Waals surface area contributed by atoms with Crippen LogP contribution in [0.2, 0.25) is 0 Å². The van der Waals surface area contributed by atoms with Crippen LogP contribution in [0.3, 0.4) is 0 Å². The van der Waals surface area contributed by atoms with E-state index in [-0.39, 0.29) is 52.2 Å². The summed E-state index contributed by atoms with van der Waals surface area (Å²) in [6, 6.07) is 56.1. The first kappa shape index (κ1) is 80.0. The Morgan fingerprint density at radius 2 is 0.547 bits per heavy atom. The third-order valence-corrected chi connectivity index (χ3v) is 24.5. The maximum absolute atomic E-state index is 9.53. The van der Waals surface area contributed by atoms with Crippen LogP contribution in [0.25, 0.3) is 201 Å². The van der Waals surface area contributed by atoms with Crippen LogP contribution in [-0.4, -0.2) is 110 Å². The van der Waals surface area contributed by atoms with Gasteiger partial charge in [0.05, 0.1) is 30.3 Å². The van der Waals surface area contributed by atoms with Gasteiger partial charge >= 0.3 is 0 Å². The lowest BCUT2D eigenvalue weighted by molar-refractivity contribution is 0.284. The molecule has 4 N–H and O–H groups in total. The molecule has 27 heteroatoms. The van der Waals surface area contributed by atoms with E-state index >= 15 is 0 Å². The summed E-state index contributed by atoms with van der Waals surface area (Å²) < 4.78 is 16.4. The Balaban J connectivity index is 0.597. The fourth-order valence-electron chi connectivity index (χ4n) is 16.9. The number of nitrogens with one attached hydrogen (secondary N) is 4. The normalized spacial score (nSPS) is 12.9. The minimum absolute atomic E-state index is 0.0180. The molecule has 4 aliphatic rings. The standard InChI is InChI=1S/C101H93N25O2/c1-96(2,3)52-19-27-64-72(37-52)88-104-80(64)108-90-76-41-56(100(13,14)15)23-31-68(76)84(112-90)116-94-78-43-60(25-33-70(78)86(118-94)114-92-74-39-54(98(7,8)9)21-29-66(74)82(106-88)110-92)125-47-58(120-123-125)49-127-62-35-51(46-103-122-102)36-63(45-62)128-50-59-48-126(124-121-59)61-26-34-71-79(44-61)95-117-85-69-32-24-57(101(16,17)18)42-77(69)91(113-85)109-81-65-28-20-53(97(4,5)6)38-73(65)89(105-81)107-83-67-30-22-55(99(10,11)12)40-75(67)93(111-83)115-87(71)119-95/h19-45,47-48H,46,49-50H2,1-18H3,(H2,104,106,108,110,112,114,116,118)(H2,105,107,109,111,113,115,117,119). The van der Waals surface area contributed by atoms with Gasteiger partial charge in [0.25, 0.3) is 0 Å². The molecule has 8 aromatic heterocycles. The van der Waals surface area contributed by atoms with Gasteiger partial charge in [-0.15, -0.1) is 10.2 Å². The van der Waals surface area contributed by atoms with Gasteiger partial charge in [0.1, 0.15) is 81.3 Å². The topological polar surface area (TPSA) is 346 Å². The Hall–Kier alpha value is -15.1. The first-order valence-corrected chi connectivity index (χ1v) is 43.1. The van der Waals surface area contributed by atoms with Gasteiger partial charge in [-0.1, -0.05) is 213 Å². The zero-order chi connectivity index (χ0) is 88.7. The SMILES string of the molecule is CC(C)(C)c1ccc2c(c1)-c1nc-2nc2[nH]c(nc3nc(nc4[nH]c(n1)c1ccc(C(C)(C)C)cc41)-c1ccc(-n4cc(COc5cc(CN=[N+]=[N-])cc(OCc6cn(-c7ccc8c(c7)-c7nc-8nc8[nH]c(nc9nc(nc%10[nH]c(n7)c7ccc(C(C)(C)C)cc%107)-c7ccc(C(C)(C)C)cc7-9)c7ccc(C(C)(C)C)cc87)nn6)c5)nn4)cc1-3)c1ccc(C(C)(C)C)cc21. The van der Waals surface area contributed by atoms with E-state index in [0.29, 0.717) is 132 Å². The fraction of sp³-hybridized carbons (Fsp3) is 0.267. The highest BCUT2D eigenvalue weighted by atomic mass is 16.5. The van der Waals surface area contributed by atoms with E-state index in [1.165, 1.54) is 0 Å². The number of hydrogen-bond donors (Lipinski definition) is 4. The summed E-state index contributed by atoms with van der Waals surface area (Å²) >= 11 is 0. The molecule has 16 bridgehead atoms. The number of H-pyrrole nitrogens is 4. The van der Waals surface area contributed by atoms with Crippen LogP contribution in [0.15, 0.2) is 181 Å². The highest BCUT2D eigenvalue weighted by molar-refractivity contribution is 6.09. The van der Waals surface area contributed by atoms with Gasteiger partial charge in [0, 0.05) is 98.6 Å². The molecule has 17 aromatic rings. The van der Waals surface area contributed by atoms with Crippen molar-refractivity contribution in [2.75, 3.05) is 0 Å². The molecule has 27 nitrogen and oxygen atoms in total. The van der Waals surface area contributed by atoms with Crippen LogP contribution in [0.5, 0.6) is 11.5 Å². The summed E-state index contributed by atoms with van der Waals surface area (Å²) in [6.45, 7) is 39.8. The maximum atomic E-state index is 9.53. The second-order valence-electron chi connectivity index (χ2n) is 39.8. The molecule has 0 fully saturated rings. The summed E-state index contributed by atoms with van der Waals surface area (Å²) in [5, 5.41) is 29.4. The summed E-state index contributed by atoms with van der Waals surface area (Å²) in [4.78, 5) is 82.1. The van der Waals surface area contributed by atoms with Crippen molar-refractivity contribution in [3.63, 3.8) is 0 Å². The minimum Gasteiger partial charge on any atom is -0.487 e. The van der Waals surface area contributed by atoms with E-state index in [2.05, 4.69) is 284 Å². The molecular formula is C101H93N25O2. The molecule has 0 spiro atoms. The molecule has 0 atom stereocenters. The lowest BCUT2D eigenvalue weighted by Gasteiger charge is -2.19. The van der Waals surface area contributed by atoms with E-state index in [1.807, 2.05) is 48.8 Å². The van der Waals surface area contributed by atoms with E-state index in [1.54, 1.807) is 27.6 Å². The van der Waals surface area contributed by atoms with E-state index in [0.717, 1.165) is 121 Å². The molecule has 12 heterocycles. The Morgan fingerprint density at radius 1 is 0.289 bits per heavy atom. The van der Waals surface area contributed by atoms with Crippen LogP contribution < -0.4 is 9.47 Å². The molecular weight excluding hydrogens is 1600 g/mol. The predicted octanol–water partition coefficient (Wildman–Crippen LogP) is 23.0. The second kappa shape index (κ2) is 29.0. The van der Waals surface area contributed by atoms with Crippen LogP contribution in [0.4, 0.5) is 0 Å². The maximum Gasteiger partial charge on any atom is 0.164 e. The van der Waals surface area contributed by atoms with E-state index in [9.17, 15) is 5.53 Å². The van der Waals surface area contributed by atoms with Gasteiger partial charge in [-0.2, -0.15) is 0 Å². The van der Waals surface area contributed by atoms with E-state index < -0.39 is 0 Å².